The largest absolute Gasteiger partial charge is 0.384 e. The third-order valence-corrected chi connectivity index (χ3v) is 8.00. The second-order valence-electron chi connectivity index (χ2n) is 9.97. The van der Waals surface area contributed by atoms with Crippen LogP contribution in [0.3, 0.4) is 0 Å². The van der Waals surface area contributed by atoms with Gasteiger partial charge < -0.3 is 16.0 Å². The molecule has 8 nitrogen and oxygen atoms in total. The summed E-state index contributed by atoms with van der Waals surface area (Å²) in [5.41, 5.74) is 9.06. The van der Waals surface area contributed by atoms with Crippen LogP contribution in [0.1, 0.15) is 49.5 Å². The van der Waals surface area contributed by atoms with Gasteiger partial charge in [0.1, 0.15) is 0 Å². The maximum Gasteiger partial charge on any atom is 0.224 e. The maximum absolute atomic E-state index is 11.4. The number of halogens is 2. The van der Waals surface area contributed by atoms with Crippen LogP contribution in [0.15, 0.2) is 60.7 Å². The molecule has 0 saturated carbocycles. The first kappa shape index (κ1) is 29.6. The molecule has 0 unspecified atom stereocenters. The average molecular weight is 603 g/mol. The number of allylic oxidation sites excluding steroid dienone is 1. The van der Waals surface area contributed by atoms with Crippen LogP contribution in [0.4, 0.5) is 0 Å². The standard InChI is InChI=1S/C32H33Cl2N7O/c1-4-24-28(15-35-3)37-17-26(40-24)22-10-6-8-20(31(22)33)21-9-7-11-23(32(21)34)27-18-38-29(25(5-2)41-27)16-36-14-19-12-13-30(42)39-19/h6-11,14,17-18,35-36H,4-5,12-13,15-16H2,1-3H3,(H,39,42)/b19-14+. The summed E-state index contributed by atoms with van der Waals surface area (Å²) < 4.78 is 0. The van der Waals surface area contributed by atoms with Crippen molar-refractivity contribution in [2.45, 2.75) is 52.6 Å². The van der Waals surface area contributed by atoms with E-state index >= 15 is 0 Å². The summed E-state index contributed by atoms with van der Waals surface area (Å²) in [6.45, 7) is 5.28. The maximum atomic E-state index is 11.4. The molecule has 1 saturated heterocycles. The molecular formula is C32H33Cl2N7O. The third kappa shape index (κ3) is 6.31. The number of amides is 1. The average Bonchev–Trinajstić information content (AvgIpc) is 3.43. The van der Waals surface area contributed by atoms with Gasteiger partial charge in [0, 0.05) is 47.1 Å². The normalized spacial score (nSPS) is 13.9. The molecule has 42 heavy (non-hydrogen) atoms. The van der Waals surface area contributed by atoms with Crippen LogP contribution >= 0.6 is 23.2 Å². The quantitative estimate of drug-likeness (QED) is 0.197. The van der Waals surface area contributed by atoms with Crippen molar-refractivity contribution in [1.29, 1.82) is 0 Å². The molecule has 10 heteroatoms. The van der Waals surface area contributed by atoms with Crippen molar-refractivity contribution in [3.05, 3.63) is 93.5 Å². The minimum atomic E-state index is 0.0479. The minimum absolute atomic E-state index is 0.0479. The highest BCUT2D eigenvalue weighted by atomic mass is 35.5. The zero-order valence-electron chi connectivity index (χ0n) is 23.9. The molecule has 0 spiro atoms. The van der Waals surface area contributed by atoms with Gasteiger partial charge in [-0.15, -0.1) is 0 Å². The minimum Gasteiger partial charge on any atom is -0.384 e. The molecule has 1 aliphatic rings. The van der Waals surface area contributed by atoms with Crippen molar-refractivity contribution in [1.82, 2.24) is 35.9 Å². The highest BCUT2D eigenvalue weighted by Gasteiger charge is 2.19. The second kappa shape index (κ2) is 13.4. The summed E-state index contributed by atoms with van der Waals surface area (Å²) in [6.07, 6.45) is 8.08. The number of aromatic nitrogens is 4. The van der Waals surface area contributed by atoms with Crippen molar-refractivity contribution in [2.75, 3.05) is 7.05 Å². The van der Waals surface area contributed by atoms with Gasteiger partial charge in [0.05, 0.1) is 63.1 Å². The summed E-state index contributed by atoms with van der Waals surface area (Å²) >= 11 is 14.1. The van der Waals surface area contributed by atoms with Crippen LogP contribution < -0.4 is 16.0 Å². The Balaban J connectivity index is 1.45. The summed E-state index contributed by atoms with van der Waals surface area (Å²) in [5.74, 6) is 0.0479. The Bertz CT molecular complexity index is 1650. The lowest BCUT2D eigenvalue weighted by molar-refractivity contribution is -0.118. The number of nitrogens with zero attached hydrogens (tertiary/aromatic N) is 4. The fourth-order valence-corrected chi connectivity index (χ4v) is 5.65. The number of aryl methyl sites for hydroxylation is 2. The van der Waals surface area contributed by atoms with Gasteiger partial charge in [-0.05, 0) is 26.3 Å². The van der Waals surface area contributed by atoms with Gasteiger partial charge in [-0.2, -0.15) is 0 Å². The number of benzene rings is 2. The Morgan fingerprint density at radius 2 is 1.31 bits per heavy atom. The second-order valence-corrected chi connectivity index (χ2v) is 10.7. The van der Waals surface area contributed by atoms with Crippen LogP contribution in [0.25, 0.3) is 33.6 Å². The molecule has 2 aromatic carbocycles. The zero-order valence-corrected chi connectivity index (χ0v) is 25.4. The van der Waals surface area contributed by atoms with Gasteiger partial charge in [0.2, 0.25) is 5.91 Å². The number of carbonyl (C=O) groups excluding carboxylic acids is 1. The summed E-state index contributed by atoms with van der Waals surface area (Å²) in [5, 5.41) is 10.3. The predicted molar refractivity (Wildman–Crippen MR) is 168 cm³/mol. The van der Waals surface area contributed by atoms with E-state index < -0.39 is 0 Å². The van der Waals surface area contributed by atoms with Gasteiger partial charge in [-0.3, -0.25) is 14.8 Å². The van der Waals surface area contributed by atoms with E-state index in [1.807, 2.05) is 56.6 Å². The van der Waals surface area contributed by atoms with E-state index in [4.69, 9.17) is 38.2 Å². The zero-order chi connectivity index (χ0) is 29.6. The van der Waals surface area contributed by atoms with Crippen molar-refractivity contribution >= 4 is 29.1 Å². The number of hydrogen-bond acceptors (Lipinski definition) is 7. The van der Waals surface area contributed by atoms with Gasteiger partial charge in [-0.25, -0.2) is 9.97 Å². The van der Waals surface area contributed by atoms with Crippen molar-refractivity contribution < 1.29 is 4.79 Å². The number of carbonyl (C=O) groups is 1. The van der Waals surface area contributed by atoms with Gasteiger partial charge in [0.25, 0.3) is 0 Å². The van der Waals surface area contributed by atoms with Crippen molar-refractivity contribution in [2.24, 2.45) is 0 Å². The highest BCUT2D eigenvalue weighted by Crippen LogP contribution is 2.41. The van der Waals surface area contributed by atoms with Gasteiger partial charge in [-0.1, -0.05) is 73.4 Å². The first-order valence-electron chi connectivity index (χ1n) is 14.1. The molecule has 0 atom stereocenters. The van der Waals surface area contributed by atoms with Crippen LogP contribution in [0.5, 0.6) is 0 Å². The molecule has 0 radical (unpaired) electrons. The number of rotatable bonds is 10. The van der Waals surface area contributed by atoms with Crippen molar-refractivity contribution in [3.63, 3.8) is 0 Å². The van der Waals surface area contributed by atoms with E-state index in [1.165, 1.54) is 0 Å². The monoisotopic (exact) mass is 601 g/mol. The van der Waals surface area contributed by atoms with E-state index in [9.17, 15) is 4.79 Å². The molecule has 216 valence electrons. The smallest absolute Gasteiger partial charge is 0.224 e. The van der Waals surface area contributed by atoms with Gasteiger partial charge >= 0.3 is 0 Å². The Hall–Kier alpha value is -3.85. The van der Waals surface area contributed by atoms with Gasteiger partial charge in [0.15, 0.2) is 0 Å². The molecule has 2 aromatic heterocycles. The molecule has 3 heterocycles. The molecule has 1 fully saturated rings. The van der Waals surface area contributed by atoms with E-state index in [0.717, 1.165) is 69.3 Å². The van der Waals surface area contributed by atoms with Crippen LogP contribution in [0.2, 0.25) is 10.0 Å². The molecule has 5 rings (SSSR count). The lowest BCUT2D eigenvalue weighted by Crippen LogP contribution is -2.16. The molecule has 1 amide bonds. The topological polar surface area (TPSA) is 105 Å². The van der Waals surface area contributed by atoms with E-state index in [2.05, 4.69) is 27.9 Å². The lowest BCUT2D eigenvalue weighted by Gasteiger charge is -2.15. The molecule has 1 aliphatic heterocycles. The predicted octanol–water partition coefficient (Wildman–Crippen LogP) is 6.26. The van der Waals surface area contributed by atoms with Crippen LogP contribution in [-0.2, 0) is 30.7 Å². The molecule has 3 N–H and O–H groups in total. The molecule has 4 aromatic rings. The van der Waals surface area contributed by atoms with E-state index in [1.54, 1.807) is 12.4 Å². The van der Waals surface area contributed by atoms with Crippen molar-refractivity contribution in [3.8, 4) is 33.6 Å². The first-order valence-corrected chi connectivity index (χ1v) is 14.8. The summed E-state index contributed by atoms with van der Waals surface area (Å²) in [4.78, 5) is 30.6. The number of hydrogen-bond donors (Lipinski definition) is 3. The summed E-state index contributed by atoms with van der Waals surface area (Å²) in [6, 6.07) is 11.7. The first-order chi connectivity index (χ1) is 20.4. The SMILES string of the molecule is CCc1nc(-c2cccc(-c3cccc(-c4cnc(CN/C=C5\CCC(=O)N5)c(CC)n4)c3Cl)c2Cl)cnc1CNC. The Labute approximate surface area is 256 Å². The van der Waals surface area contributed by atoms with E-state index in [-0.39, 0.29) is 5.91 Å². The third-order valence-electron chi connectivity index (χ3n) is 7.18. The Morgan fingerprint density at radius 3 is 1.79 bits per heavy atom. The van der Waals surface area contributed by atoms with Crippen LogP contribution in [0, 0.1) is 0 Å². The fourth-order valence-electron chi connectivity index (χ4n) is 5.00. The summed E-state index contributed by atoms with van der Waals surface area (Å²) in [7, 11) is 1.90. The molecule has 0 bridgehead atoms. The molecular weight excluding hydrogens is 569 g/mol. The fraction of sp³-hybridized carbons (Fsp3) is 0.281. The Morgan fingerprint density at radius 1 is 0.786 bits per heavy atom. The lowest BCUT2D eigenvalue weighted by atomic mass is 9.98. The van der Waals surface area contributed by atoms with Crippen LogP contribution in [-0.4, -0.2) is 32.9 Å². The number of nitrogens with one attached hydrogen (secondary N) is 3. The Kier molecular flexibility index (Phi) is 9.47. The van der Waals surface area contributed by atoms with E-state index in [0.29, 0.717) is 41.7 Å². The highest BCUT2D eigenvalue weighted by molar-refractivity contribution is 6.39. The molecule has 0 aliphatic carbocycles.